The van der Waals surface area contributed by atoms with Gasteiger partial charge in [0.25, 0.3) is 0 Å². The molecule has 23 heavy (non-hydrogen) atoms. The molecular formula is C16H18F3NO2S. The van der Waals surface area contributed by atoms with Crippen LogP contribution in [0, 0.1) is 11.3 Å². The zero-order valence-electron chi connectivity index (χ0n) is 13.1. The summed E-state index contributed by atoms with van der Waals surface area (Å²) in [6.45, 7) is 4.84. The predicted molar refractivity (Wildman–Crippen MR) is 81.9 cm³/mol. The molecule has 0 aliphatic heterocycles. The number of rotatable bonds is 3. The Bertz CT molecular complexity index is 614. The van der Waals surface area contributed by atoms with E-state index in [0.29, 0.717) is 4.88 Å². The number of allylic oxidation sites excluding steroid dienone is 2. The third-order valence-corrected chi connectivity index (χ3v) is 4.28. The highest BCUT2D eigenvalue weighted by atomic mass is 32.1. The van der Waals surface area contributed by atoms with Gasteiger partial charge in [-0.15, -0.1) is 11.3 Å². The fraction of sp³-hybridized carbons (Fsp3) is 0.500. The van der Waals surface area contributed by atoms with E-state index in [-0.39, 0.29) is 6.42 Å². The Hall–Kier alpha value is -1.63. The van der Waals surface area contributed by atoms with Crippen molar-refractivity contribution >= 4 is 17.3 Å². The zero-order chi connectivity index (χ0) is 17.3. The van der Waals surface area contributed by atoms with Crippen LogP contribution in [0.1, 0.15) is 25.6 Å². The van der Waals surface area contributed by atoms with Crippen molar-refractivity contribution in [1.82, 2.24) is 4.98 Å². The van der Waals surface area contributed by atoms with Gasteiger partial charge in [0.1, 0.15) is 5.92 Å². The van der Waals surface area contributed by atoms with Crippen LogP contribution in [0.2, 0.25) is 0 Å². The number of ether oxygens (including phenoxy) is 1. The fourth-order valence-electron chi connectivity index (χ4n) is 2.28. The van der Waals surface area contributed by atoms with Gasteiger partial charge in [-0.1, -0.05) is 18.2 Å². The molecule has 126 valence electrons. The van der Waals surface area contributed by atoms with Gasteiger partial charge in [0, 0.05) is 17.5 Å². The van der Waals surface area contributed by atoms with Crippen LogP contribution in [0.4, 0.5) is 13.2 Å². The molecule has 0 saturated heterocycles. The Balaban J connectivity index is 2.43. The monoisotopic (exact) mass is 345 g/mol. The van der Waals surface area contributed by atoms with Crippen molar-refractivity contribution in [3.63, 3.8) is 0 Å². The summed E-state index contributed by atoms with van der Waals surface area (Å²) >= 11 is 1.23. The second-order valence-corrected chi connectivity index (χ2v) is 7.47. The summed E-state index contributed by atoms with van der Waals surface area (Å²) in [4.78, 5) is 16.8. The topological polar surface area (TPSA) is 39.2 Å². The molecule has 1 aliphatic rings. The lowest BCUT2D eigenvalue weighted by atomic mass is 9.79. The standard InChI is InChI=1S/C16H18F3NO2S/c1-14(2,3)13(21)22-15(8-11-9-20-10-23-11)7-5-4-6-12(15)16(17,18)19/h4-7,9-10,12H,8H2,1-3H3. The van der Waals surface area contributed by atoms with Crippen molar-refractivity contribution in [2.24, 2.45) is 11.3 Å². The number of carbonyl (C=O) groups excluding carboxylic acids is 1. The largest absolute Gasteiger partial charge is 0.453 e. The lowest BCUT2D eigenvalue weighted by Gasteiger charge is -2.40. The molecule has 2 unspecified atom stereocenters. The van der Waals surface area contributed by atoms with Crippen molar-refractivity contribution in [2.45, 2.75) is 39.0 Å². The van der Waals surface area contributed by atoms with Crippen LogP contribution in [0.25, 0.3) is 0 Å². The number of thiazole rings is 1. The van der Waals surface area contributed by atoms with Gasteiger partial charge in [-0.2, -0.15) is 13.2 Å². The molecule has 0 aromatic carbocycles. The summed E-state index contributed by atoms with van der Waals surface area (Å²) in [5.41, 5.74) is -1.14. The fourth-order valence-corrected chi connectivity index (χ4v) is 2.96. The highest BCUT2D eigenvalue weighted by molar-refractivity contribution is 7.09. The maximum atomic E-state index is 13.5. The van der Waals surface area contributed by atoms with Gasteiger partial charge in [-0.25, -0.2) is 0 Å². The minimum Gasteiger partial charge on any atom is -0.453 e. The predicted octanol–water partition coefficient (Wildman–Crippen LogP) is 4.32. The van der Waals surface area contributed by atoms with Crippen molar-refractivity contribution in [2.75, 3.05) is 0 Å². The summed E-state index contributed by atoms with van der Waals surface area (Å²) in [6, 6.07) is 0. The van der Waals surface area contributed by atoms with E-state index in [1.165, 1.54) is 35.8 Å². The van der Waals surface area contributed by atoms with Gasteiger partial charge >= 0.3 is 12.1 Å². The summed E-state index contributed by atoms with van der Waals surface area (Å²) in [5.74, 6) is -2.57. The molecule has 3 nitrogen and oxygen atoms in total. The maximum Gasteiger partial charge on any atom is 0.399 e. The van der Waals surface area contributed by atoms with Crippen LogP contribution in [0.15, 0.2) is 36.0 Å². The van der Waals surface area contributed by atoms with Gasteiger partial charge in [0.05, 0.1) is 10.9 Å². The van der Waals surface area contributed by atoms with E-state index in [0.717, 1.165) is 6.08 Å². The molecule has 1 aliphatic carbocycles. The number of aromatic nitrogens is 1. The molecule has 0 N–H and O–H groups in total. The first-order valence-corrected chi connectivity index (χ1v) is 7.96. The van der Waals surface area contributed by atoms with E-state index >= 15 is 0 Å². The molecule has 0 fully saturated rings. The first-order chi connectivity index (χ1) is 10.5. The minimum absolute atomic E-state index is 0.0650. The Morgan fingerprint density at radius 2 is 2.04 bits per heavy atom. The average molecular weight is 345 g/mol. The van der Waals surface area contributed by atoms with Crippen LogP contribution in [0.5, 0.6) is 0 Å². The molecule has 0 spiro atoms. The van der Waals surface area contributed by atoms with E-state index < -0.39 is 29.1 Å². The summed E-state index contributed by atoms with van der Waals surface area (Å²) in [6.07, 6.45) is 2.09. The maximum absolute atomic E-state index is 13.5. The molecular weight excluding hydrogens is 327 g/mol. The number of nitrogens with zero attached hydrogens (tertiary/aromatic N) is 1. The lowest BCUT2D eigenvalue weighted by molar-refractivity contribution is -0.215. The van der Waals surface area contributed by atoms with Crippen LogP contribution in [-0.4, -0.2) is 22.7 Å². The quantitative estimate of drug-likeness (QED) is 0.766. The van der Waals surface area contributed by atoms with Crippen molar-refractivity contribution < 1.29 is 22.7 Å². The summed E-state index contributed by atoms with van der Waals surface area (Å²) in [5, 5.41) is 0. The van der Waals surface area contributed by atoms with Gasteiger partial charge in [-0.3, -0.25) is 9.78 Å². The summed E-state index contributed by atoms with van der Waals surface area (Å²) in [7, 11) is 0. The van der Waals surface area contributed by atoms with Gasteiger partial charge in [0.2, 0.25) is 0 Å². The van der Waals surface area contributed by atoms with Crippen LogP contribution < -0.4 is 0 Å². The smallest absolute Gasteiger partial charge is 0.399 e. The first-order valence-electron chi connectivity index (χ1n) is 7.08. The summed E-state index contributed by atoms with van der Waals surface area (Å²) < 4.78 is 46.0. The second kappa shape index (κ2) is 6.11. The molecule has 2 rings (SSSR count). The number of esters is 1. The molecule has 1 aromatic rings. The van der Waals surface area contributed by atoms with E-state index in [9.17, 15) is 18.0 Å². The first kappa shape index (κ1) is 17.7. The van der Waals surface area contributed by atoms with Gasteiger partial charge in [0.15, 0.2) is 5.60 Å². The highest BCUT2D eigenvalue weighted by Gasteiger charge is 2.55. The van der Waals surface area contributed by atoms with Gasteiger partial charge < -0.3 is 4.74 Å². The number of hydrogen-bond acceptors (Lipinski definition) is 4. The third-order valence-electron chi connectivity index (χ3n) is 3.50. The van der Waals surface area contributed by atoms with E-state index in [1.807, 2.05) is 0 Å². The van der Waals surface area contributed by atoms with Crippen molar-refractivity contribution in [3.8, 4) is 0 Å². The minimum atomic E-state index is -4.52. The van der Waals surface area contributed by atoms with Crippen LogP contribution in [0.3, 0.4) is 0 Å². The SMILES string of the molecule is CC(C)(C)C(=O)OC1(Cc2cncs2)C=CC=CC1C(F)(F)F. The molecule has 1 heterocycles. The zero-order valence-corrected chi connectivity index (χ0v) is 13.9. The van der Waals surface area contributed by atoms with Crippen LogP contribution in [-0.2, 0) is 16.0 Å². The lowest BCUT2D eigenvalue weighted by Crippen LogP contribution is -2.50. The van der Waals surface area contributed by atoms with Crippen molar-refractivity contribution in [1.29, 1.82) is 0 Å². The highest BCUT2D eigenvalue weighted by Crippen LogP contribution is 2.43. The number of carbonyl (C=O) groups is 1. The second-order valence-electron chi connectivity index (χ2n) is 6.50. The number of alkyl halides is 3. The molecule has 7 heteroatoms. The van der Waals surface area contributed by atoms with Gasteiger partial charge in [-0.05, 0) is 26.8 Å². The molecule has 0 bridgehead atoms. The van der Waals surface area contributed by atoms with Crippen molar-refractivity contribution in [3.05, 3.63) is 40.9 Å². The molecule has 0 amide bonds. The Kier molecular flexibility index (Phi) is 4.71. The Morgan fingerprint density at radius 3 is 2.57 bits per heavy atom. The van der Waals surface area contributed by atoms with Crippen LogP contribution >= 0.6 is 11.3 Å². The van der Waals surface area contributed by atoms with E-state index in [1.54, 1.807) is 26.3 Å². The van der Waals surface area contributed by atoms with E-state index in [2.05, 4.69) is 4.98 Å². The van der Waals surface area contributed by atoms with E-state index in [4.69, 9.17) is 4.74 Å². The normalized spacial score (nSPS) is 24.7. The molecule has 1 aromatic heterocycles. The molecule has 0 radical (unpaired) electrons. The average Bonchev–Trinajstić information content (AvgIpc) is 2.89. The number of hydrogen-bond donors (Lipinski definition) is 0. The Morgan fingerprint density at radius 1 is 1.35 bits per heavy atom. The molecule has 0 saturated carbocycles. The Labute approximate surface area is 136 Å². The number of halogens is 3. The molecule has 2 atom stereocenters. The third kappa shape index (κ3) is 4.02.